The Balaban J connectivity index is 2.37. The first kappa shape index (κ1) is 12.2. The van der Waals surface area contributed by atoms with Gasteiger partial charge in [-0.2, -0.15) is 0 Å². The van der Waals surface area contributed by atoms with Crippen molar-refractivity contribution in [2.75, 3.05) is 7.11 Å². The molecule has 0 fully saturated rings. The smallest absolute Gasteiger partial charge is 0.123 e. The van der Waals surface area contributed by atoms with E-state index in [0.29, 0.717) is 0 Å². The molecule has 0 saturated carbocycles. The number of halogens is 1. The normalized spacial score (nSPS) is 15.0. The summed E-state index contributed by atoms with van der Waals surface area (Å²) in [6.45, 7) is 6.35. The molecule has 1 aliphatic carbocycles. The van der Waals surface area contributed by atoms with Crippen molar-refractivity contribution in [3.8, 4) is 16.9 Å². The molecule has 2 aromatic rings. The molecule has 1 nitrogen and oxygen atoms in total. The molecule has 0 spiro atoms. The zero-order chi connectivity index (χ0) is 13.8. The summed E-state index contributed by atoms with van der Waals surface area (Å²) in [5, 5.41) is 0. The van der Waals surface area contributed by atoms with Gasteiger partial charge in [0, 0.05) is 5.41 Å². The molecule has 0 atom stereocenters. The van der Waals surface area contributed by atoms with Gasteiger partial charge in [-0.1, -0.05) is 19.9 Å². The second-order valence-electron chi connectivity index (χ2n) is 5.68. The van der Waals surface area contributed by atoms with Crippen LogP contribution in [-0.4, -0.2) is 7.11 Å². The number of hydrogen-bond acceptors (Lipinski definition) is 1. The van der Waals surface area contributed by atoms with Gasteiger partial charge in [-0.25, -0.2) is 4.39 Å². The summed E-state index contributed by atoms with van der Waals surface area (Å²) >= 11 is 0. The number of benzene rings is 2. The van der Waals surface area contributed by atoms with E-state index in [9.17, 15) is 4.39 Å². The highest BCUT2D eigenvalue weighted by Gasteiger charge is 2.37. The van der Waals surface area contributed by atoms with Crippen LogP contribution in [0, 0.1) is 12.7 Å². The molecule has 0 saturated heterocycles. The van der Waals surface area contributed by atoms with Gasteiger partial charge in [0.15, 0.2) is 0 Å². The molecule has 3 rings (SSSR count). The third kappa shape index (κ3) is 1.59. The van der Waals surface area contributed by atoms with Crippen molar-refractivity contribution in [3.63, 3.8) is 0 Å². The topological polar surface area (TPSA) is 9.23 Å². The average Bonchev–Trinajstić information content (AvgIpc) is 2.59. The fraction of sp³-hybridized carbons (Fsp3) is 0.294. The summed E-state index contributed by atoms with van der Waals surface area (Å²) in [6, 6.07) is 9.18. The van der Waals surface area contributed by atoms with E-state index in [1.807, 2.05) is 12.1 Å². The number of ether oxygens (including phenoxy) is 1. The Morgan fingerprint density at radius 3 is 2.47 bits per heavy atom. The van der Waals surface area contributed by atoms with Crippen molar-refractivity contribution in [3.05, 3.63) is 52.8 Å². The molecule has 0 aliphatic heterocycles. The van der Waals surface area contributed by atoms with Crippen LogP contribution < -0.4 is 4.74 Å². The number of fused-ring (bicyclic) bond motifs is 3. The van der Waals surface area contributed by atoms with Gasteiger partial charge in [0.1, 0.15) is 11.6 Å². The van der Waals surface area contributed by atoms with E-state index in [2.05, 4.69) is 26.8 Å². The van der Waals surface area contributed by atoms with Crippen LogP contribution >= 0.6 is 0 Å². The highest BCUT2D eigenvalue weighted by Crippen LogP contribution is 2.51. The second-order valence-corrected chi connectivity index (χ2v) is 5.68. The van der Waals surface area contributed by atoms with Crippen LogP contribution in [0.25, 0.3) is 11.1 Å². The van der Waals surface area contributed by atoms with Crippen LogP contribution in [0.3, 0.4) is 0 Å². The zero-order valence-corrected chi connectivity index (χ0v) is 11.7. The summed E-state index contributed by atoms with van der Waals surface area (Å²) in [7, 11) is 1.68. The molecule has 0 bridgehead atoms. The van der Waals surface area contributed by atoms with E-state index >= 15 is 0 Å². The van der Waals surface area contributed by atoms with Crippen molar-refractivity contribution < 1.29 is 9.13 Å². The monoisotopic (exact) mass is 256 g/mol. The lowest BCUT2D eigenvalue weighted by Crippen LogP contribution is -2.15. The van der Waals surface area contributed by atoms with Gasteiger partial charge in [0.25, 0.3) is 0 Å². The van der Waals surface area contributed by atoms with E-state index in [0.717, 1.165) is 16.9 Å². The molecular weight excluding hydrogens is 239 g/mol. The maximum atomic E-state index is 13.5. The fourth-order valence-electron chi connectivity index (χ4n) is 3.12. The molecule has 0 unspecified atom stereocenters. The summed E-state index contributed by atoms with van der Waals surface area (Å²) < 4.78 is 18.9. The highest BCUT2D eigenvalue weighted by molar-refractivity contribution is 5.83. The predicted molar refractivity (Wildman–Crippen MR) is 75.3 cm³/mol. The molecule has 0 aromatic heterocycles. The third-order valence-electron chi connectivity index (χ3n) is 4.14. The first-order chi connectivity index (χ1) is 8.95. The lowest BCUT2D eigenvalue weighted by atomic mass is 9.82. The lowest BCUT2D eigenvalue weighted by Gasteiger charge is -2.22. The van der Waals surface area contributed by atoms with Crippen LogP contribution in [0.5, 0.6) is 5.75 Å². The van der Waals surface area contributed by atoms with Crippen molar-refractivity contribution in [1.82, 2.24) is 0 Å². The standard InChI is InChI=1S/C17H17FO/c1-10-7-12(19-4)9-15-16(10)13-6-5-11(18)8-14(13)17(15,2)3/h5-9H,1-4H3. The molecular formula is C17H17FO. The summed E-state index contributed by atoms with van der Waals surface area (Å²) in [5.74, 6) is 0.682. The van der Waals surface area contributed by atoms with Gasteiger partial charge in [-0.05, 0) is 59.0 Å². The maximum Gasteiger partial charge on any atom is 0.123 e. The number of hydrogen-bond donors (Lipinski definition) is 0. The second kappa shape index (κ2) is 3.83. The zero-order valence-electron chi connectivity index (χ0n) is 11.7. The van der Waals surface area contributed by atoms with Crippen LogP contribution in [0.15, 0.2) is 30.3 Å². The number of aryl methyl sites for hydroxylation is 1. The van der Waals surface area contributed by atoms with Crippen LogP contribution in [0.4, 0.5) is 4.39 Å². The van der Waals surface area contributed by atoms with Gasteiger partial charge in [-0.15, -0.1) is 0 Å². The quantitative estimate of drug-likeness (QED) is 0.732. The molecule has 0 N–H and O–H groups in total. The van der Waals surface area contributed by atoms with E-state index in [1.54, 1.807) is 13.2 Å². The molecule has 0 amide bonds. The molecule has 2 aromatic carbocycles. The van der Waals surface area contributed by atoms with E-state index in [4.69, 9.17) is 4.74 Å². The molecule has 1 aliphatic rings. The van der Waals surface area contributed by atoms with Gasteiger partial charge < -0.3 is 4.74 Å². The Morgan fingerprint density at radius 1 is 1.05 bits per heavy atom. The molecule has 19 heavy (non-hydrogen) atoms. The Kier molecular flexibility index (Phi) is 2.46. The van der Waals surface area contributed by atoms with Gasteiger partial charge >= 0.3 is 0 Å². The minimum Gasteiger partial charge on any atom is -0.497 e. The number of methoxy groups -OCH3 is 1. The number of rotatable bonds is 1. The minimum absolute atomic E-state index is 0.177. The Labute approximate surface area is 113 Å². The Hall–Kier alpha value is -1.83. The molecule has 2 heteroatoms. The van der Waals surface area contributed by atoms with Gasteiger partial charge in [0.2, 0.25) is 0 Å². The van der Waals surface area contributed by atoms with Crippen LogP contribution in [0.2, 0.25) is 0 Å². The molecule has 0 heterocycles. The SMILES string of the molecule is COc1cc(C)c2c(c1)C(C)(C)c1cc(F)ccc1-2. The Morgan fingerprint density at radius 2 is 1.79 bits per heavy atom. The summed E-state index contributed by atoms with van der Waals surface area (Å²) in [5.41, 5.74) is 5.62. The first-order valence-electron chi connectivity index (χ1n) is 6.44. The van der Waals surface area contributed by atoms with Crippen molar-refractivity contribution in [2.24, 2.45) is 0 Å². The average molecular weight is 256 g/mol. The summed E-state index contributed by atoms with van der Waals surface area (Å²) in [6.07, 6.45) is 0. The Bertz CT molecular complexity index is 671. The largest absolute Gasteiger partial charge is 0.497 e. The van der Waals surface area contributed by atoms with E-state index in [-0.39, 0.29) is 11.2 Å². The van der Waals surface area contributed by atoms with Gasteiger partial charge in [-0.3, -0.25) is 0 Å². The fourth-order valence-corrected chi connectivity index (χ4v) is 3.12. The third-order valence-corrected chi connectivity index (χ3v) is 4.14. The molecule has 98 valence electrons. The highest BCUT2D eigenvalue weighted by atomic mass is 19.1. The van der Waals surface area contributed by atoms with Crippen molar-refractivity contribution in [2.45, 2.75) is 26.2 Å². The lowest BCUT2D eigenvalue weighted by molar-refractivity contribution is 0.413. The van der Waals surface area contributed by atoms with E-state index < -0.39 is 0 Å². The molecule has 0 radical (unpaired) electrons. The summed E-state index contributed by atoms with van der Waals surface area (Å²) in [4.78, 5) is 0. The van der Waals surface area contributed by atoms with Crippen LogP contribution in [-0.2, 0) is 5.41 Å². The maximum absolute atomic E-state index is 13.5. The minimum atomic E-state index is -0.188. The van der Waals surface area contributed by atoms with Gasteiger partial charge in [0.05, 0.1) is 7.11 Å². The van der Waals surface area contributed by atoms with Crippen LogP contribution in [0.1, 0.15) is 30.5 Å². The predicted octanol–water partition coefficient (Wildman–Crippen LogP) is 4.45. The van der Waals surface area contributed by atoms with Crippen molar-refractivity contribution >= 4 is 0 Å². The van der Waals surface area contributed by atoms with E-state index in [1.165, 1.54) is 22.8 Å². The van der Waals surface area contributed by atoms with Crippen molar-refractivity contribution in [1.29, 1.82) is 0 Å². The first-order valence-corrected chi connectivity index (χ1v) is 6.44.